The summed E-state index contributed by atoms with van der Waals surface area (Å²) < 4.78 is 34.0. The molecule has 0 atom stereocenters. The second-order valence-corrected chi connectivity index (χ2v) is 8.40. The van der Waals surface area contributed by atoms with Crippen molar-refractivity contribution in [2.24, 2.45) is 0 Å². The molecule has 0 saturated heterocycles. The van der Waals surface area contributed by atoms with E-state index in [0.29, 0.717) is 17.0 Å². The number of carbonyl (C=O) groups is 1. The van der Waals surface area contributed by atoms with Gasteiger partial charge in [0, 0.05) is 15.7 Å². The number of halogens is 1. The van der Waals surface area contributed by atoms with Gasteiger partial charge in [-0.05, 0) is 48.5 Å². The summed E-state index contributed by atoms with van der Waals surface area (Å²) >= 11 is 3.31. The zero-order valence-corrected chi connectivity index (χ0v) is 17.2. The topological polar surface area (TPSA) is 84.5 Å². The number of nitrogens with one attached hydrogen (secondary N) is 2. The Morgan fingerprint density at radius 3 is 2.39 bits per heavy atom. The molecule has 3 aromatic rings. The molecule has 6 nitrogen and oxygen atoms in total. The number of hydrogen-bond donors (Lipinski definition) is 2. The summed E-state index contributed by atoms with van der Waals surface area (Å²) in [4.78, 5) is 12.4. The lowest BCUT2D eigenvalue weighted by Gasteiger charge is -2.13. The molecular weight excluding hydrogens is 444 g/mol. The van der Waals surface area contributed by atoms with Gasteiger partial charge in [-0.3, -0.25) is 9.52 Å². The molecule has 8 heteroatoms. The zero-order valence-electron chi connectivity index (χ0n) is 14.8. The van der Waals surface area contributed by atoms with Crippen molar-refractivity contribution in [3.05, 3.63) is 82.8 Å². The molecule has 0 radical (unpaired) electrons. The molecule has 3 rings (SSSR count). The van der Waals surface area contributed by atoms with Crippen molar-refractivity contribution in [3.8, 4) is 5.75 Å². The van der Waals surface area contributed by atoms with Crippen LogP contribution in [0.25, 0.3) is 0 Å². The Kier molecular flexibility index (Phi) is 6.01. The van der Waals surface area contributed by atoms with Crippen molar-refractivity contribution in [1.82, 2.24) is 0 Å². The van der Waals surface area contributed by atoms with Crippen LogP contribution in [0.1, 0.15) is 10.4 Å². The van der Waals surface area contributed by atoms with Gasteiger partial charge in [-0.15, -0.1) is 0 Å². The fourth-order valence-electron chi connectivity index (χ4n) is 2.50. The smallest absolute Gasteiger partial charge is 0.261 e. The predicted molar refractivity (Wildman–Crippen MR) is 112 cm³/mol. The number of benzene rings is 3. The Hall–Kier alpha value is -2.84. The fourth-order valence-corrected chi connectivity index (χ4v) is 3.98. The Bertz CT molecular complexity index is 1100. The number of carbonyl (C=O) groups excluding carboxylic acids is 1. The molecule has 28 heavy (non-hydrogen) atoms. The molecule has 0 aromatic heterocycles. The lowest BCUT2D eigenvalue weighted by atomic mass is 10.2. The van der Waals surface area contributed by atoms with E-state index in [4.69, 9.17) is 4.74 Å². The molecule has 0 aliphatic carbocycles. The van der Waals surface area contributed by atoms with E-state index in [-0.39, 0.29) is 16.5 Å². The number of methoxy groups -OCH3 is 1. The number of hydrogen-bond acceptors (Lipinski definition) is 4. The van der Waals surface area contributed by atoms with Crippen LogP contribution in [0.15, 0.2) is 82.2 Å². The van der Waals surface area contributed by atoms with E-state index in [1.54, 1.807) is 54.6 Å². The third kappa shape index (κ3) is 4.71. The molecule has 0 spiro atoms. The Morgan fingerprint density at radius 2 is 1.71 bits per heavy atom. The highest BCUT2D eigenvalue weighted by Crippen LogP contribution is 2.29. The highest BCUT2D eigenvalue weighted by molar-refractivity contribution is 9.10. The quantitative estimate of drug-likeness (QED) is 0.566. The minimum absolute atomic E-state index is 0.00311. The second kappa shape index (κ2) is 8.45. The average molecular weight is 461 g/mol. The van der Waals surface area contributed by atoms with Gasteiger partial charge in [-0.1, -0.05) is 40.2 Å². The van der Waals surface area contributed by atoms with Crippen LogP contribution in [0.5, 0.6) is 5.75 Å². The van der Waals surface area contributed by atoms with Gasteiger partial charge in [0.05, 0.1) is 17.7 Å². The van der Waals surface area contributed by atoms with E-state index in [9.17, 15) is 13.2 Å². The normalized spacial score (nSPS) is 10.9. The van der Waals surface area contributed by atoms with Gasteiger partial charge in [0.1, 0.15) is 5.75 Å². The third-order valence-electron chi connectivity index (χ3n) is 3.84. The van der Waals surface area contributed by atoms with Crippen LogP contribution in [0, 0.1) is 0 Å². The molecule has 1 amide bonds. The number of anilines is 2. The number of rotatable bonds is 6. The van der Waals surface area contributed by atoms with Gasteiger partial charge in [0.2, 0.25) is 0 Å². The molecule has 0 fully saturated rings. The van der Waals surface area contributed by atoms with E-state index < -0.39 is 10.0 Å². The van der Waals surface area contributed by atoms with E-state index in [0.717, 1.165) is 4.47 Å². The third-order valence-corrected chi connectivity index (χ3v) is 5.71. The van der Waals surface area contributed by atoms with Crippen molar-refractivity contribution in [1.29, 1.82) is 0 Å². The first-order valence-corrected chi connectivity index (χ1v) is 10.5. The van der Waals surface area contributed by atoms with Crippen LogP contribution in [-0.4, -0.2) is 21.4 Å². The molecule has 2 N–H and O–H groups in total. The van der Waals surface area contributed by atoms with E-state index >= 15 is 0 Å². The van der Waals surface area contributed by atoms with Gasteiger partial charge < -0.3 is 10.1 Å². The van der Waals surface area contributed by atoms with E-state index in [1.165, 1.54) is 25.3 Å². The maximum atomic E-state index is 12.7. The molecular formula is C20H17BrN2O4S. The highest BCUT2D eigenvalue weighted by Gasteiger charge is 2.18. The van der Waals surface area contributed by atoms with Crippen molar-refractivity contribution in [3.63, 3.8) is 0 Å². The average Bonchev–Trinajstić information content (AvgIpc) is 2.68. The standard InChI is InChI=1S/C20H17BrN2O4S/c1-27-19-11-10-17(28(25,26)23-16-9-5-8-15(21)12-16)13-18(19)22-20(24)14-6-3-2-4-7-14/h2-13,23H,1H3,(H,22,24). The van der Waals surface area contributed by atoms with Crippen LogP contribution in [0.2, 0.25) is 0 Å². The summed E-state index contributed by atoms with van der Waals surface area (Å²) in [5.41, 5.74) is 1.12. The van der Waals surface area contributed by atoms with Crippen LogP contribution in [-0.2, 0) is 10.0 Å². The summed E-state index contributed by atoms with van der Waals surface area (Å²) in [6.45, 7) is 0. The first-order chi connectivity index (χ1) is 13.4. The first kappa shape index (κ1) is 19.9. The maximum Gasteiger partial charge on any atom is 0.261 e. The monoisotopic (exact) mass is 460 g/mol. The molecule has 0 unspecified atom stereocenters. The van der Waals surface area contributed by atoms with E-state index in [1.807, 2.05) is 0 Å². The molecule has 0 saturated carbocycles. The lowest BCUT2D eigenvalue weighted by Crippen LogP contribution is -2.15. The van der Waals surface area contributed by atoms with Crippen LogP contribution >= 0.6 is 15.9 Å². The van der Waals surface area contributed by atoms with Crippen molar-refractivity contribution in [2.75, 3.05) is 17.1 Å². The zero-order chi connectivity index (χ0) is 20.1. The van der Waals surface area contributed by atoms with E-state index in [2.05, 4.69) is 26.0 Å². The van der Waals surface area contributed by atoms with Gasteiger partial charge in [0.25, 0.3) is 15.9 Å². The van der Waals surface area contributed by atoms with Gasteiger partial charge in [-0.2, -0.15) is 0 Å². The second-order valence-electron chi connectivity index (χ2n) is 5.80. The molecule has 144 valence electrons. The highest BCUT2D eigenvalue weighted by atomic mass is 79.9. The summed E-state index contributed by atoms with van der Waals surface area (Å²) in [6, 6.07) is 19.7. The Labute approximate surface area is 171 Å². The van der Waals surface area contributed by atoms with Crippen molar-refractivity contribution in [2.45, 2.75) is 4.90 Å². The Balaban J connectivity index is 1.90. The SMILES string of the molecule is COc1ccc(S(=O)(=O)Nc2cccc(Br)c2)cc1NC(=O)c1ccccc1. The summed E-state index contributed by atoms with van der Waals surface area (Å²) in [5.74, 6) is -0.0147. The molecule has 0 aliphatic rings. The molecule has 3 aromatic carbocycles. The van der Waals surface area contributed by atoms with Crippen LogP contribution in [0.4, 0.5) is 11.4 Å². The Morgan fingerprint density at radius 1 is 0.964 bits per heavy atom. The van der Waals surface area contributed by atoms with Gasteiger partial charge in [-0.25, -0.2) is 8.42 Å². The number of amides is 1. The van der Waals surface area contributed by atoms with Crippen LogP contribution in [0.3, 0.4) is 0 Å². The summed E-state index contributed by atoms with van der Waals surface area (Å²) in [7, 11) is -2.41. The van der Waals surface area contributed by atoms with Crippen LogP contribution < -0.4 is 14.8 Å². The summed E-state index contributed by atoms with van der Waals surface area (Å²) in [6.07, 6.45) is 0. The molecule has 0 heterocycles. The van der Waals surface area contributed by atoms with Gasteiger partial charge >= 0.3 is 0 Å². The molecule has 0 aliphatic heterocycles. The van der Waals surface area contributed by atoms with Crippen molar-refractivity contribution >= 4 is 43.2 Å². The van der Waals surface area contributed by atoms with Gasteiger partial charge in [0.15, 0.2) is 0 Å². The fraction of sp³-hybridized carbons (Fsp3) is 0.0500. The van der Waals surface area contributed by atoms with Crippen molar-refractivity contribution < 1.29 is 17.9 Å². The minimum Gasteiger partial charge on any atom is -0.495 e. The molecule has 0 bridgehead atoms. The maximum absolute atomic E-state index is 12.7. The number of sulfonamides is 1. The largest absolute Gasteiger partial charge is 0.495 e. The predicted octanol–water partition coefficient (Wildman–Crippen LogP) is 4.51. The lowest BCUT2D eigenvalue weighted by molar-refractivity contribution is 0.102. The first-order valence-electron chi connectivity index (χ1n) is 8.22. The number of ether oxygens (including phenoxy) is 1. The summed E-state index contributed by atoms with van der Waals surface area (Å²) in [5, 5.41) is 2.70. The minimum atomic E-state index is -3.86.